The highest BCUT2D eigenvalue weighted by Crippen LogP contribution is 2.31. The topological polar surface area (TPSA) is 35.5 Å². The lowest BCUT2D eigenvalue weighted by Crippen LogP contribution is -2.16. The van der Waals surface area contributed by atoms with Crippen LogP contribution in [0.5, 0.6) is 5.75 Å². The van der Waals surface area contributed by atoms with Gasteiger partial charge < -0.3 is 9.47 Å². The Morgan fingerprint density at radius 3 is 1.75 bits per heavy atom. The van der Waals surface area contributed by atoms with Gasteiger partial charge in [-0.25, -0.2) is 0 Å². The molecule has 4 heteroatoms. The first-order valence-corrected chi connectivity index (χ1v) is 10.6. The van der Waals surface area contributed by atoms with E-state index in [9.17, 15) is 4.79 Å². The van der Waals surface area contributed by atoms with Crippen molar-refractivity contribution in [2.24, 2.45) is 5.92 Å². The van der Waals surface area contributed by atoms with E-state index >= 15 is 0 Å². The lowest BCUT2D eigenvalue weighted by atomic mass is 10.2. The van der Waals surface area contributed by atoms with Crippen LogP contribution in [-0.4, -0.2) is 19.2 Å². The van der Waals surface area contributed by atoms with Crippen molar-refractivity contribution < 1.29 is 14.3 Å². The Labute approximate surface area is 169 Å². The Balaban J connectivity index is 1.70. The van der Waals surface area contributed by atoms with Crippen molar-refractivity contribution >= 4 is 16.9 Å². The number of carbonyl (C=O) groups is 1. The molecule has 0 bridgehead atoms. The van der Waals surface area contributed by atoms with Gasteiger partial charge >= 0.3 is 5.97 Å². The van der Waals surface area contributed by atoms with Crippen LogP contribution >= 0.6 is 0 Å². The molecule has 3 nitrogen and oxygen atoms in total. The third-order valence-electron chi connectivity index (χ3n) is 4.09. The lowest BCUT2D eigenvalue weighted by Gasteiger charge is -2.10. The fourth-order valence-corrected chi connectivity index (χ4v) is 4.75. The zero-order valence-corrected chi connectivity index (χ0v) is 17.0. The molecule has 3 aromatic carbocycles. The summed E-state index contributed by atoms with van der Waals surface area (Å²) < 4.78 is 10.8. The third kappa shape index (κ3) is 5.40. The van der Waals surface area contributed by atoms with Crippen molar-refractivity contribution in [3.05, 3.63) is 84.9 Å². The summed E-state index contributed by atoms with van der Waals surface area (Å²) >= 11 is 0. The fourth-order valence-electron chi connectivity index (χ4n) is 2.66. The van der Waals surface area contributed by atoms with Crippen molar-refractivity contribution in [2.75, 3.05) is 13.2 Å². The molecule has 0 aromatic heterocycles. The van der Waals surface area contributed by atoms with Crippen LogP contribution in [0.4, 0.5) is 0 Å². The molecule has 0 saturated carbocycles. The van der Waals surface area contributed by atoms with Gasteiger partial charge in [0.15, 0.2) is 14.7 Å². The van der Waals surface area contributed by atoms with Crippen LogP contribution in [0, 0.1) is 5.92 Å². The maximum absolute atomic E-state index is 11.5. The molecule has 0 spiro atoms. The molecule has 0 radical (unpaired) electrons. The molecule has 0 aliphatic heterocycles. The van der Waals surface area contributed by atoms with Crippen molar-refractivity contribution in [1.29, 1.82) is 0 Å². The molecule has 144 valence electrons. The van der Waals surface area contributed by atoms with Crippen molar-refractivity contribution in [3.8, 4) is 5.75 Å². The van der Waals surface area contributed by atoms with Crippen molar-refractivity contribution in [2.45, 2.75) is 28.5 Å². The molecular weight excluding hydrogens is 368 g/mol. The quantitative estimate of drug-likeness (QED) is 0.294. The van der Waals surface area contributed by atoms with E-state index in [-0.39, 0.29) is 29.4 Å². The van der Waals surface area contributed by atoms with Crippen LogP contribution in [0.15, 0.2) is 99.6 Å². The minimum Gasteiger partial charge on any atom is -0.490 e. The van der Waals surface area contributed by atoms with E-state index in [4.69, 9.17) is 9.47 Å². The summed E-state index contributed by atoms with van der Waals surface area (Å²) in [7, 11) is -0.167. The summed E-state index contributed by atoms with van der Waals surface area (Å²) in [6, 6.07) is 29.2. The second-order valence-corrected chi connectivity index (χ2v) is 8.60. The summed E-state index contributed by atoms with van der Waals surface area (Å²) in [5.74, 6) is 0.455. The highest BCUT2D eigenvalue weighted by molar-refractivity contribution is 7.97. The molecule has 0 saturated heterocycles. The molecule has 3 rings (SSSR count). The molecule has 0 aliphatic carbocycles. The van der Waals surface area contributed by atoms with E-state index < -0.39 is 0 Å². The second kappa shape index (κ2) is 10.00. The number of benzene rings is 3. The highest BCUT2D eigenvalue weighted by Gasteiger charge is 2.28. The third-order valence-corrected chi connectivity index (χ3v) is 6.32. The molecule has 28 heavy (non-hydrogen) atoms. The summed E-state index contributed by atoms with van der Waals surface area (Å²) in [6.07, 6.45) is 0. The molecule has 0 N–H and O–H groups in total. The van der Waals surface area contributed by atoms with Gasteiger partial charge in [0, 0.05) is 0 Å². The van der Waals surface area contributed by atoms with Crippen LogP contribution < -0.4 is 4.74 Å². The van der Waals surface area contributed by atoms with E-state index in [1.54, 1.807) is 0 Å². The van der Waals surface area contributed by atoms with Gasteiger partial charge in [-0.15, -0.1) is 0 Å². The molecule has 0 atom stereocenters. The molecule has 0 heterocycles. The molecule has 0 fully saturated rings. The zero-order valence-electron chi connectivity index (χ0n) is 16.2. The first kappa shape index (κ1) is 20.0. The number of rotatable bonds is 8. The van der Waals surface area contributed by atoms with E-state index in [1.165, 1.54) is 14.7 Å². The van der Waals surface area contributed by atoms with Crippen LogP contribution in [0.2, 0.25) is 0 Å². The Morgan fingerprint density at radius 1 is 0.750 bits per heavy atom. The van der Waals surface area contributed by atoms with Crippen molar-refractivity contribution in [1.82, 2.24) is 0 Å². The normalized spacial score (nSPS) is 10.9. The van der Waals surface area contributed by atoms with Gasteiger partial charge in [-0.2, -0.15) is 0 Å². The number of carbonyl (C=O) groups excluding carboxylic acids is 1. The van der Waals surface area contributed by atoms with Gasteiger partial charge in [0.25, 0.3) is 0 Å². The fraction of sp³-hybridized carbons (Fsp3) is 0.208. The maximum Gasteiger partial charge on any atom is 0.308 e. The number of ether oxygens (including phenoxy) is 2. The molecule has 3 aromatic rings. The standard InChI is InChI=1S/C24H25O3S/c1-19(2)24(25)27-18-17-26-20-13-15-23(16-14-20)28(21-9-5-3-6-10-21)22-11-7-4-8-12-22/h3-16,19H,17-18H2,1-2H3/q+1. The molecule has 0 unspecified atom stereocenters. The number of hydrogen-bond acceptors (Lipinski definition) is 3. The molecular formula is C24H25O3S+. The summed E-state index contributed by atoms with van der Waals surface area (Å²) in [5.41, 5.74) is 0. The maximum atomic E-state index is 11.5. The van der Waals surface area contributed by atoms with Crippen LogP contribution in [-0.2, 0) is 20.4 Å². The predicted molar refractivity (Wildman–Crippen MR) is 113 cm³/mol. The monoisotopic (exact) mass is 393 g/mol. The van der Waals surface area contributed by atoms with E-state index in [1.807, 2.05) is 38.1 Å². The first-order valence-electron chi connectivity index (χ1n) is 9.39. The summed E-state index contributed by atoms with van der Waals surface area (Å²) in [4.78, 5) is 15.3. The first-order chi connectivity index (χ1) is 13.6. The largest absolute Gasteiger partial charge is 0.490 e. The molecule has 0 aliphatic rings. The van der Waals surface area contributed by atoms with E-state index in [2.05, 4.69) is 60.7 Å². The smallest absolute Gasteiger partial charge is 0.308 e. The van der Waals surface area contributed by atoms with Crippen LogP contribution in [0.1, 0.15) is 13.8 Å². The SMILES string of the molecule is CC(C)C(=O)OCCOc1ccc([S+](c2ccccc2)c2ccccc2)cc1. The summed E-state index contributed by atoms with van der Waals surface area (Å²) in [6.45, 7) is 4.25. The summed E-state index contributed by atoms with van der Waals surface area (Å²) in [5, 5.41) is 0. The lowest BCUT2D eigenvalue weighted by molar-refractivity contribution is -0.148. The number of esters is 1. The van der Waals surface area contributed by atoms with Gasteiger partial charge in [-0.05, 0) is 48.5 Å². The predicted octanol–water partition coefficient (Wildman–Crippen LogP) is 5.36. The van der Waals surface area contributed by atoms with Crippen LogP contribution in [0.25, 0.3) is 0 Å². The van der Waals surface area contributed by atoms with E-state index in [0.29, 0.717) is 6.61 Å². The minimum absolute atomic E-state index is 0.117. The van der Waals surface area contributed by atoms with Gasteiger partial charge in [-0.3, -0.25) is 4.79 Å². The average molecular weight is 394 g/mol. The minimum atomic E-state index is -0.200. The van der Waals surface area contributed by atoms with Gasteiger partial charge in [0.2, 0.25) is 0 Å². The van der Waals surface area contributed by atoms with Gasteiger partial charge in [0.05, 0.1) is 16.8 Å². The Kier molecular flexibility index (Phi) is 7.15. The van der Waals surface area contributed by atoms with Gasteiger partial charge in [-0.1, -0.05) is 50.2 Å². The van der Waals surface area contributed by atoms with E-state index in [0.717, 1.165) is 5.75 Å². The van der Waals surface area contributed by atoms with Crippen molar-refractivity contribution in [3.63, 3.8) is 0 Å². The average Bonchev–Trinajstić information content (AvgIpc) is 2.74. The Bertz CT molecular complexity index is 822. The van der Waals surface area contributed by atoms with Crippen LogP contribution in [0.3, 0.4) is 0 Å². The Morgan fingerprint density at radius 2 is 1.25 bits per heavy atom. The highest BCUT2D eigenvalue weighted by atomic mass is 32.2. The molecule has 0 amide bonds. The zero-order chi connectivity index (χ0) is 19.8. The number of hydrogen-bond donors (Lipinski definition) is 0. The second-order valence-electron chi connectivity index (χ2n) is 6.57. The Hall–Kier alpha value is -2.72. The van der Waals surface area contributed by atoms with Gasteiger partial charge in [0.1, 0.15) is 19.0 Å².